The number of aryl methyl sites for hydroxylation is 1. The third-order valence-electron chi connectivity index (χ3n) is 11.0. The SMILES string of the molecule is Bc1cc(C[C@@H](OC(=O)N2CCC(N3CCc4ccccc4NC3=O)CC2)C(=O)N2CCC(N3CCC(C)(O)CC3)CC2)cc(C)c1O. The van der Waals surface area contributed by atoms with Gasteiger partial charge in [0, 0.05) is 70.0 Å². The molecule has 4 amide bonds. The molecule has 258 valence electrons. The number of likely N-dealkylation sites (tertiary alicyclic amines) is 3. The van der Waals surface area contributed by atoms with Gasteiger partial charge in [-0.25, -0.2) is 9.59 Å². The predicted octanol–water partition coefficient (Wildman–Crippen LogP) is 2.40. The number of fused-ring (bicyclic) bond motifs is 1. The average molecular weight is 660 g/mol. The van der Waals surface area contributed by atoms with Gasteiger partial charge < -0.3 is 39.9 Å². The van der Waals surface area contributed by atoms with E-state index >= 15 is 0 Å². The molecule has 4 aliphatic heterocycles. The summed E-state index contributed by atoms with van der Waals surface area (Å²) in [7, 11) is 1.83. The van der Waals surface area contributed by atoms with Gasteiger partial charge in [0.25, 0.3) is 5.91 Å². The van der Waals surface area contributed by atoms with Crippen molar-refractivity contribution in [3.8, 4) is 5.75 Å². The molecule has 0 aliphatic carbocycles. The number of rotatable bonds is 6. The van der Waals surface area contributed by atoms with Crippen LogP contribution < -0.4 is 10.8 Å². The second kappa shape index (κ2) is 14.4. The molecule has 4 aliphatic rings. The van der Waals surface area contributed by atoms with E-state index in [-0.39, 0.29) is 30.2 Å². The van der Waals surface area contributed by atoms with Crippen LogP contribution in [0.3, 0.4) is 0 Å². The first-order valence-corrected chi connectivity index (χ1v) is 17.6. The fourth-order valence-electron chi connectivity index (χ4n) is 7.88. The number of piperidine rings is 3. The summed E-state index contributed by atoms with van der Waals surface area (Å²) in [5.41, 5.74) is 3.63. The number of amides is 4. The Bertz CT molecular complexity index is 1470. The summed E-state index contributed by atoms with van der Waals surface area (Å²) >= 11 is 0. The van der Waals surface area contributed by atoms with E-state index in [9.17, 15) is 24.6 Å². The van der Waals surface area contributed by atoms with Crippen LogP contribution in [0.15, 0.2) is 36.4 Å². The van der Waals surface area contributed by atoms with Crippen molar-refractivity contribution in [2.75, 3.05) is 51.1 Å². The van der Waals surface area contributed by atoms with E-state index in [0.29, 0.717) is 62.6 Å². The van der Waals surface area contributed by atoms with Crippen molar-refractivity contribution in [1.29, 1.82) is 0 Å². The summed E-state index contributed by atoms with van der Waals surface area (Å²) in [6.07, 6.45) is 3.95. The van der Waals surface area contributed by atoms with Crippen LogP contribution in [0.5, 0.6) is 5.75 Å². The Hall–Kier alpha value is -3.77. The predicted molar refractivity (Wildman–Crippen MR) is 186 cm³/mol. The molecule has 4 heterocycles. The number of aromatic hydroxyl groups is 1. The minimum absolute atomic E-state index is 0.0102. The van der Waals surface area contributed by atoms with Crippen LogP contribution in [-0.4, -0.2) is 125 Å². The van der Waals surface area contributed by atoms with Gasteiger partial charge in [0.15, 0.2) is 6.10 Å². The first kappa shape index (κ1) is 34.1. The molecule has 2 aromatic rings. The lowest BCUT2D eigenvalue weighted by atomic mass is 9.89. The third kappa shape index (κ3) is 7.75. The van der Waals surface area contributed by atoms with E-state index < -0.39 is 17.8 Å². The highest BCUT2D eigenvalue weighted by molar-refractivity contribution is 6.34. The summed E-state index contributed by atoms with van der Waals surface area (Å²) in [4.78, 5) is 48.5. The molecule has 12 heteroatoms. The van der Waals surface area contributed by atoms with E-state index in [4.69, 9.17) is 4.74 Å². The first-order valence-electron chi connectivity index (χ1n) is 17.6. The first-order chi connectivity index (χ1) is 23.0. The Morgan fingerprint density at radius 1 is 0.979 bits per heavy atom. The number of carbonyl (C=O) groups excluding carboxylic acids is 3. The Morgan fingerprint density at radius 2 is 1.62 bits per heavy atom. The molecule has 2 aromatic carbocycles. The lowest BCUT2D eigenvalue weighted by Gasteiger charge is -2.43. The molecule has 3 fully saturated rings. The molecule has 0 aromatic heterocycles. The number of benzene rings is 2. The molecule has 0 bridgehead atoms. The molecule has 0 spiro atoms. The Balaban J connectivity index is 1.08. The quantitative estimate of drug-likeness (QED) is 0.407. The van der Waals surface area contributed by atoms with Gasteiger partial charge in [-0.3, -0.25) is 4.79 Å². The second-order valence-electron chi connectivity index (χ2n) is 14.5. The number of aliphatic hydroxyl groups is 1. The maximum atomic E-state index is 14.0. The normalized spacial score (nSPS) is 21.6. The van der Waals surface area contributed by atoms with Gasteiger partial charge in [-0.05, 0) is 87.0 Å². The standard InChI is InChI=1S/C36H50BN5O6/c1-24-21-25(22-29(37)32(24)43)23-31(33(44)40-14-8-27(9-15-40)39-19-12-36(2,47)13-20-39)48-35(46)41-16-10-28(11-17-41)42-18-7-26-5-3-4-6-30(26)38-34(42)45/h3-6,21-22,27-28,31,43,47H,7-20,23,37H2,1-2H3,(H,38,45)/t31-/m1/s1. The Labute approximate surface area is 284 Å². The van der Waals surface area contributed by atoms with E-state index in [1.54, 1.807) is 4.90 Å². The van der Waals surface area contributed by atoms with Crippen molar-refractivity contribution in [3.63, 3.8) is 0 Å². The molecule has 6 rings (SSSR count). The summed E-state index contributed by atoms with van der Waals surface area (Å²) in [5, 5.41) is 23.7. The van der Waals surface area contributed by atoms with Crippen molar-refractivity contribution >= 4 is 37.0 Å². The van der Waals surface area contributed by atoms with Crippen molar-refractivity contribution < 1.29 is 29.3 Å². The summed E-state index contributed by atoms with van der Waals surface area (Å²) < 4.78 is 6.05. The summed E-state index contributed by atoms with van der Waals surface area (Å²) in [6.45, 7) is 8.12. The summed E-state index contributed by atoms with van der Waals surface area (Å²) in [5.74, 6) is 0.0345. The number of hydrogen-bond acceptors (Lipinski definition) is 7. The fourth-order valence-corrected chi connectivity index (χ4v) is 7.88. The van der Waals surface area contributed by atoms with Gasteiger partial charge >= 0.3 is 12.1 Å². The number of para-hydroxylation sites is 1. The highest BCUT2D eigenvalue weighted by Gasteiger charge is 2.37. The number of ether oxygens (including phenoxy) is 1. The molecular formula is C36H50BN5O6. The minimum Gasteiger partial charge on any atom is -0.508 e. The van der Waals surface area contributed by atoms with Crippen molar-refractivity contribution in [1.82, 2.24) is 19.6 Å². The highest BCUT2D eigenvalue weighted by Crippen LogP contribution is 2.28. The zero-order chi connectivity index (χ0) is 34.0. The second-order valence-corrected chi connectivity index (χ2v) is 14.5. The van der Waals surface area contributed by atoms with Gasteiger partial charge in [-0.15, -0.1) is 0 Å². The van der Waals surface area contributed by atoms with Crippen LogP contribution >= 0.6 is 0 Å². The van der Waals surface area contributed by atoms with Crippen LogP contribution in [0, 0.1) is 6.92 Å². The number of anilines is 1. The molecule has 48 heavy (non-hydrogen) atoms. The highest BCUT2D eigenvalue weighted by atomic mass is 16.6. The number of phenolic OH excluding ortho intramolecular Hbond substituents is 1. The lowest BCUT2D eigenvalue weighted by molar-refractivity contribution is -0.142. The third-order valence-corrected chi connectivity index (χ3v) is 11.0. The van der Waals surface area contributed by atoms with Crippen LogP contribution in [0.4, 0.5) is 15.3 Å². The topological polar surface area (TPSA) is 126 Å². The Morgan fingerprint density at radius 3 is 2.31 bits per heavy atom. The average Bonchev–Trinajstić information content (AvgIpc) is 3.24. The van der Waals surface area contributed by atoms with Crippen LogP contribution in [0.1, 0.15) is 62.1 Å². The van der Waals surface area contributed by atoms with Crippen molar-refractivity contribution in [3.05, 3.63) is 53.1 Å². The number of nitrogens with one attached hydrogen (secondary N) is 1. The molecule has 0 unspecified atom stereocenters. The lowest BCUT2D eigenvalue weighted by Crippen LogP contribution is -2.54. The number of urea groups is 1. The molecular weight excluding hydrogens is 609 g/mol. The smallest absolute Gasteiger partial charge is 0.410 e. The maximum absolute atomic E-state index is 14.0. The largest absolute Gasteiger partial charge is 0.508 e. The van der Waals surface area contributed by atoms with E-state index in [0.717, 1.165) is 62.0 Å². The molecule has 3 saturated heterocycles. The molecule has 0 radical (unpaired) electrons. The fraction of sp³-hybridized carbons (Fsp3) is 0.583. The van der Waals surface area contributed by atoms with Gasteiger partial charge in [-0.1, -0.05) is 30.3 Å². The van der Waals surface area contributed by atoms with Gasteiger partial charge in [-0.2, -0.15) is 0 Å². The number of carbonyl (C=O) groups is 3. The van der Waals surface area contributed by atoms with Gasteiger partial charge in [0.2, 0.25) is 0 Å². The maximum Gasteiger partial charge on any atom is 0.410 e. The van der Waals surface area contributed by atoms with Crippen molar-refractivity contribution in [2.24, 2.45) is 0 Å². The molecule has 3 N–H and O–H groups in total. The molecule has 0 saturated carbocycles. The van der Waals surface area contributed by atoms with Gasteiger partial charge in [0.05, 0.1) is 5.60 Å². The molecule has 11 nitrogen and oxygen atoms in total. The Kier molecular flexibility index (Phi) is 10.2. The number of hydrogen-bond donors (Lipinski definition) is 3. The van der Waals surface area contributed by atoms with Gasteiger partial charge in [0.1, 0.15) is 13.6 Å². The van der Waals surface area contributed by atoms with Crippen LogP contribution in [-0.2, 0) is 22.4 Å². The number of phenols is 1. The van der Waals surface area contributed by atoms with E-state index in [1.165, 1.54) is 0 Å². The minimum atomic E-state index is -0.991. The monoisotopic (exact) mass is 659 g/mol. The zero-order valence-electron chi connectivity index (χ0n) is 28.6. The number of nitrogens with zero attached hydrogens (tertiary/aromatic N) is 4. The van der Waals surface area contributed by atoms with E-state index in [2.05, 4.69) is 10.2 Å². The van der Waals surface area contributed by atoms with Crippen LogP contribution in [0.25, 0.3) is 0 Å². The summed E-state index contributed by atoms with van der Waals surface area (Å²) in [6, 6.07) is 11.8. The van der Waals surface area contributed by atoms with Crippen LogP contribution in [0.2, 0.25) is 0 Å². The van der Waals surface area contributed by atoms with E-state index in [1.807, 2.05) is 67.9 Å². The zero-order valence-corrected chi connectivity index (χ0v) is 28.6. The van der Waals surface area contributed by atoms with Crippen molar-refractivity contribution in [2.45, 2.75) is 89.0 Å². The molecule has 1 atom stereocenters.